The number of hydrogen-bond donors (Lipinski definition) is 1. The summed E-state index contributed by atoms with van der Waals surface area (Å²) in [6, 6.07) is 8.14. The first-order valence-electron chi connectivity index (χ1n) is 7.44. The van der Waals surface area contributed by atoms with E-state index in [0.29, 0.717) is 19.8 Å². The third-order valence-corrected chi connectivity index (χ3v) is 4.33. The summed E-state index contributed by atoms with van der Waals surface area (Å²) in [5.41, 5.74) is 1.22. The lowest BCUT2D eigenvalue weighted by Crippen LogP contribution is -2.32. The zero-order valence-electron chi connectivity index (χ0n) is 12.5. The molecule has 0 spiro atoms. The molecule has 0 bridgehead atoms. The topological polar surface area (TPSA) is 41.9 Å². The van der Waals surface area contributed by atoms with Crippen LogP contribution in [0.15, 0.2) is 28.7 Å². The van der Waals surface area contributed by atoms with Crippen LogP contribution in [0.3, 0.4) is 0 Å². The molecule has 118 valence electrons. The van der Waals surface area contributed by atoms with Gasteiger partial charge in [-0.3, -0.25) is 4.90 Å². The maximum atomic E-state index is 10.0. The molecule has 0 aliphatic carbocycles. The van der Waals surface area contributed by atoms with E-state index in [4.69, 9.17) is 9.47 Å². The SMILES string of the molecule is CN(Cc1ccccc1Br)CC(O)COCC1CCCO1. The van der Waals surface area contributed by atoms with Crippen molar-refractivity contribution in [3.05, 3.63) is 34.3 Å². The van der Waals surface area contributed by atoms with Gasteiger partial charge in [-0.25, -0.2) is 0 Å². The summed E-state index contributed by atoms with van der Waals surface area (Å²) in [7, 11) is 2.00. The molecule has 1 aliphatic heterocycles. The van der Waals surface area contributed by atoms with Crippen molar-refractivity contribution in [1.82, 2.24) is 4.90 Å². The van der Waals surface area contributed by atoms with Gasteiger partial charge in [0.05, 0.1) is 25.4 Å². The molecule has 1 N–H and O–H groups in total. The average molecular weight is 358 g/mol. The zero-order chi connectivity index (χ0) is 15.1. The van der Waals surface area contributed by atoms with Crippen LogP contribution in [0.2, 0.25) is 0 Å². The van der Waals surface area contributed by atoms with Crippen molar-refractivity contribution in [3.8, 4) is 0 Å². The lowest BCUT2D eigenvalue weighted by molar-refractivity contribution is -0.0238. The van der Waals surface area contributed by atoms with Gasteiger partial charge in [0.15, 0.2) is 0 Å². The summed E-state index contributed by atoms with van der Waals surface area (Å²) < 4.78 is 12.1. The van der Waals surface area contributed by atoms with Gasteiger partial charge in [0.2, 0.25) is 0 Å². The molecule has 2 unspecified atom stereocenters. The molecule has 0 aromatic heterocycles. The smallest absolute Gasteiger partial charge is 0.0900 e. The maximum absolute atomic E-state index is 10.0. The molecule has 1 aromatic carbocycles. The van der Waals surface area contributed by atoms with Gasteiger partial charge in [0.25, 0.3) is 0 Å². The van der Waals surface area contributed by atoms with E-state index in [2.05, 4.69) is 26.9 Å². The van der Waals surface area contributed by atoms with Gasteiger partial charge in [-0.15, -0.1) is 0 Å². The predicted molar refractivity (Wildman–Crippen MR) is 86.3 cm³/mol. The standard InChI is InChI=1S/C16H24BrNO3/c1-18(9-13-5-2-3-7-16(13)17)10-14(19)11-20-12-15-6-4-8-21-15/h2-3,5,7,14-15,19H,4,6,8-12H2,1H3. The lowest BCUT2D eigenvalue weighted by atomic mass is 10.2. The van der Waals surface area contributed by atoms with Crippen LogP contribution in [0.5, 0.6) is 0 Å². The number of aliphatic hydroxyl groups is 1. The predicted octanol–water partition coefficient (Wildman–Crippen LogP) is 2.44. The molecule has 0 amide bonds. The van der Waals surface area contributed by atoms with Gasteiger partial charge >= 0.3 is 0 Å². The van der Waals surface area contributed by atoms with Crippen LogP contribution in [-0.2, 0) is 16.0 Å². The molecule has 1 fully saturated rings. The van der Waals surface area contributed by atoms with Crippen LogP contribution in [-0.4, -0.2) is 55.6 Å². The first kappa shape index (κ1) is 16.9. The van der Waals surface area contributed by atoms with Crippen LogP contribution >= 0.6 is 15.9 Å². The van der Waals surface area contributed by atoms with Crippen LogP contribution in [0.25, 0.3) is 0 Å². The highest BCUT2D eigenvalue weighted by Crippen LogP contribution is 2.17. The summed E-state index contributed by atoms with van der Waals surface area (Å²) in [6.07, 6.45) is 1.93. The summed E-state index contributed by atoms with van der Waals surface area (Å²) in [5, 5.41) is 10.0. The molecule has 21 heavy (non-hydrogen) atoms. The van der Waals surface area contributed by atoms with Gasteiger partial charge in [0, 0.05) is 24.2 Å². The maximum Gasteiger partial charge on any atom is 0.0900 e. The lowest BCUT2D eigenvalue weighted by Gasteiger charge is -2.21. The summed E-state index contributed by atoms with van der Waals surface area (Å²) in [4.78, 5) is 2.10. The molecular weight excluding hydrogens is 334 g/mol. The fraction of sp³-hybridized carbons (Fsp3) is 0.625. The van der Waals surface area contributed by atoms with E-state index >= 15 is 0 Å². The van der Waals surface area contributed by atoms with Crippen molar-refractivity contribution in [2.24, 2.45) is 0 Å². The van der Waals surface area contributed by atoms with Crippen molar-refractivity contribution in [2.45, 2.75) is 31.6 Å². The average Bonchev–Trinajstić information content (AvgIpc) is 2.94. The number of benzene rings is 1. The van der Waals surface area contributed by atoms with Crippen molar-refractivity contribution in [3.63, 3.8) is 0 Å². The Morgan fingerprint density at radius 3 is 3.00 bits per heavy atom. The van der Waals surface area contributed by atoms with E-state index in [1.807, 2.05) is 25.2 Å². The van der Waals surface area contributed by atoms with E-state index in [9.17, 15) is 5.11 Å². The Kier molecular flexibility index (Phi) is 7.13. The van der Waals surface area contributed by atoms with Crippen LogP contribution in [0, 0.1) is 0 Å². The van der Waals surface area contributed by atoms with Crippen molar-refractivity contribution >= 4 is 15.9 Å². The minimum absolute atomic E-state index is 0.218. The van der Waals surface area contributed by atoms with Gasteiger partial charge in [-0.2, -0.15) is 0 Å². The van der Waals surface area contributed by atoms with E-state index in [1.54, 1.807) is 0 Å². The first-order chi connectivity index (χ1) is 10.1. The number of halogens is 1. The molecule has 2 atom stereocenters. The first-order valence-corrected chi connectivity index (χ1v) is 8.24. The van der Waals surface area contributed by atoms with Crippen molar-refractivity contribution < 1.29 is 14.6 Å². The third-order valence-electron chi connectivity index (χ3n) is 3.56. The van der Waals surface area contributed by atoms with E-state index in [0.717, 1.165) is 30.5 Å². The molecule has 1 saturated heterocycles. The molecule has 0 saturated carbocycles. The van der Waals surface area contributed by atoms with Crippen molar-refractivity contribution in [2.75, 3.05) is 33.4 Å². The number of ether oxygens (including phenoxy) is 2. The van der Waals surface area contributed by atoms with Gasteiger partial charge in [-0.1, -0.05) is 34.1 Å². The Hall–Kier alpha value is -0.460. The minimum atomic E-state index is -0.473. The Balaban J connectivity index is 1.64. The van der Waals surface area contributed by atoms with Gasteiger partial charge < -0.3 is 14.6 Å². The second kappa shape index (κ2) is 8.86. The minimum Gasteiger partial charge on any atom is -0.389 e. The van der Waals surface area contributed by atoms with Gasteiger partial charge in [-0.05, 0) is 31.5 Å². The Labute approximate surface area is 135 Å². The highest BCUT2D eigenvalue weighted by atomic mass is 79.9. The van der Waals surface area contributed by atoms with Crippen LogP contribution in [0.4, 0.5) is 0 Å². The molecule has 1 aromatic rings. The number of likely N-dealkylation sites (N-methyl/N-ethyl adjacent to an activating group) is 1. The second-order valence-electron chi connectivity index (χ2n) is 5.61. The third kappa shape index (κ3) is 6.04. The second-order valence-corrected chi connectivity index (χ2v) is 6.47. The molecule has 5 heteroatoms. The monoisotopic (exact) mass is 357 g/mol. The fourth-order valence-electron chi connectivity index (χ4n) is 2.51. The summed E-state index contributed by atoms with van der Waals surface area (Å²) in [6.45, 7) is 3.17. The number of aliphatic hydroxyl groups excluding tert-OH is 1. The van der Waals surface area contributed by atoms with Gasteiger partial charge in [0.1, 0.15) is 0 Å². The number of nitrogens with zero attached hydrogens (tertiary/aromatic N) is 1. The van der Waals surface area contributed by atoms with E-state index in [-0.39, 0.29) is 6.10 Å². The highest BCUT2D eigenvalue weighted by molar-refractivity contribution is 9.10. The van der Waals surface area contributed by atoms with Crippen LogP contribution in [0.1, 0.15) is 18.4 Å². The van der Waals surface area contributed by atoms with E-state index < -0.39 is 6.10 Å². The highest BCUT2D eigenvalue weighted by Gasteiger charge is 2.16. The zero-order valence-corrected chi connectivity index (χ0v) is 14.1. The number of hydrogen-bond acceptors (Lipinski definition) is 4. The van der Waals surface area contributed by atoms with E-state index in [1.165, 1.54) is 5.56 Å². The normalized spacial score (nSPS) is 20.1. The molecular formula is C16H24BrNO3. The molecule has 2 rings (SSSR count). The fourth-order valence-corrected chi connectivity index (χ4v) is 2.92. The quantitative estimate of drug-likeness (QED) is 0.775. The molecule has 1 heterocycles. The Morgan fingerprint density at radius 2 is 2.29 bits per heavy atom. The Morgan fingerprint density at radius 1 is 1.48 bits per heavy atom. The summed E-state index contributed by atoms with van der Waals surface area (Å²) in [5.74, 6) is 0. The largest absolute Gasteiger partial charge is 0.389 e. The molecule has 0 radical (unpaired) electrons. The number of rotatable bonds is 8. The van der Waals surface area contributed by atoms with Crippen LogP contribution < -0.4 is 0 Å². The Bertz CT molecular complexity index is 424. The summed E-state index contributed by atoms with van der Waals surface area (Å²) >= 11 is 3.54. The molecule has 4 nitrogen and oxygen atoms in total. The van der Waals surface area contributed by atoms with Crippen molar-refractivity contribution in [1.29, 1.82) is 0 Å². The molecule has 1 aliphatic rings.